The molecule has 11 heavy (non-hydrogen) atoms. The molecule has 0 aliphatic carbocycles. The van der Waals surface area contributed by atoms with Gasteiger partial charge in [-0.1, -0.05) is 0 Å². The summed E-state index contributed by atoms with van der Waals surface area (Å²) in [6.07, 6.45) is 0. The van der Waals surface area contributed by atoms with Gasteiger partial charge in [-0.15, -0.1) is 12.4 Å². The molecule has 0 unspecified atom stereocenters. The molecular formula is C4H12ClO5P. The second-order valence-electron chi connectivity index (χ2n) is 1.20. The van der Waals surface area contributed by atoms with E-state index in [4.69, 9.17) is 4.89 Å². The smallest absolute Gasteiger partial charge is 0.325 e. The van der Waals surface area contributed by atoms with E-state index in [-0.39, 0.29) is 12.4 Å². The van der Waals surface area contributed by atoms with Gasteiger partial charge in [0.05, 0.1) is 13.2 Å². The van der Waals surface area contributed by atoms with Gasteiger partial charge in [-0.25, -0.2) is 9.78 Å². The Hall–Kier alpha value is 0.520. The second kappa shape index (κ2) is 10.5. The lowest BCUT2D eigenvalue weighted by molar-refractivity contribution is -0.263. The van der Waals surface area contributed by atoms with Crippen molar-refractivity contribution < 1.29 is 24.0 Å². The fraction of sp³-hybridized carbons (Fsp3) is 1.00. The van der Waals surface area contributed by atoms with E-state index in [2.05, 4.69) is 19.1 Å². The topological polar surface area (TPSA) is 57.2 Å². The summed E-state index contributed by atoms with van der Waals surface area (Å²) in [5.74, 6) is 0. The van der Waals surface area contributed by atoms with E-state index in [1.807, 2.05) is 0 Å². The van der Waals surface area contributed by atoms with Gasteiger partial charge >= 0.3 is 8.60 Å². The number of rotatable bonds is 6. The molecule has 5 nitrogen and oxygen atoms in total. The summed E-state index contributed by atoms with van der Waals surface area (Å²) in [6, 6.07) is 0. The van der Waals surface area contributed by atoms with Gasteiger partial charge in [-0.3, -0.25) is 0 Å². The van der Waals surface area contributed by atoms with E-state index in [1.54, 1.807) is 13.8 Å². The first-order valence-electron chi connectivity index (χ1n) is 2.89. The minimum absolute atomic E-state index is 0. The van der Waals surface area contributed by atoms with Crippen LogP contribution < -0.4 is 0 Å². The number of halogens is 1. The van der Waals surface area contributed by atoms with Crippen LogP contribution >= 0.6 is 21.0 Å². The maximum atomic E-state index is 8.68. The Morgan fingerprint density at radius 2 is 1.45 bits per heavy atom. The van der Waals surface area contributed by atoms with Gasteiger partial charge < -0.3 is 4.89 Å². The van der Waals surface area contributed by atoms with E-state index in [0.29, 0.717) is 13.2 Å². The predicted molar refractivity (Wildman–Crippen MR) is 41.8 cm³/mol. The lowest BCUT2D eigenvalue weighted by Crippen LogP contribution is -1.93. The van der Waals surface area contributed by atoms with E-state index in [0.717, 1.165) is 0 Å². The first-order chi connectivity index (χ1) is 4.81. The molecule has 0 aliphatic heterocycles. The molecule has 0 aromatic rings. The summed E-state index contributed by atoms with van der Waals surface area (Å²) < 4.78 is 8.53. The van der Waals surface area contributed by atoms with E-state index in [9.17, 15) is 0 Å². The van der Waals surface area contributed by atoms with Crippen LogP contribution in [0.5, 0.6) is 0 Å². The third kappa shape index (κ3) is 10.5. The van der Waals surface area contributed by atoms with Crippen LogP contribution in [-0.4, -0.2) is 18.1 Å². The molecule has 0 heterocycles. The summed E-state index contributed by atoms with van der Waals surface area (Å²) >= 11 is 0. The highest BCUT2D eigenvalue weighted by Gasteiger charge is 2.07. The van der Waals surface area contributed by atoms with Crippen LogP contribution in [0.2, 0.25) is 0 Å². The highest BCUT2D eigenvalue weighted by Crippen LogP contribution is 2.32. The molecule has 0 aromatic heterocycles. The zero-order valence-corrected chi connectivity index (χ0v) is 8.06. The van der Waals surface area contributed by atoms with E-state index in [1.165, 1.54) is 0 Å². The molecule has 0 saturated heterocycles. The van der Waals surface area contributed by atoms with Gasteiger partial charge in [0.2, 0.25) is 0 Å². The van der Waals surface area contributed by atoms with Crippen LogP contribution in [0.25, 0.3) is 0 Å². The van der Waals surface area contributed by atoms with Gasteiger partial charge in [0, 0.05) is 0 Å². The Morgan fingerprint density at radius 1 is 1.09 bits per heavy atom. The van der Waals surface area contributed by atoms with Crippen molar-refractivity contribution in [3.05, 3.63) is 0 Å². The maximum absolute atomic E-state index is 8.68. The quantitative estimate of drug-likeness (QED) is 0.406. The van der Waals surface area contributed by atoms with Gasteiger partial charge in [0.15, 0.2) is 0 Å². The average molecular weight is 207 g/mol. The molecule has 1 N–H and O–H groups in total. The van der Waals surface area contributed by atoms with Gasteiger partial charge in [-0.2, -0.15) is 9.35 Å². The van der Waals surface area contributed by atoms with Crippen molar-refractivity contribution in [3.8, 4) is 0 Å². The first-order valence-corrected chi connectivity index (χ1v) is 4.02. The lowest BCUT2D eigenvalue weighted by Gasteiger charge is -2.05. The molecule has 0 aromatic carbocycles. The van der Waals surface area contributed by atoms with Crippen molar-refractivity contribution in [2.45, 2.75) is 13.8 Å². The predicted octanol–water partition coefficient (Wildman–Crippen LogP) is 1.56. The third-order valence-corrected chi connectivity index (χ3v) is 0.935. The Bertz CT molecular complexity index is 67.5. The van der Waals surface area contributed by atoms with Crippen LogP contribution in [0.15, 0.2) is 0 Å². The third-order valence-electron chi connectivity index (χ3n) is 0.469. The van der Waals surface area contributed by atoms with Crippen LogP contribution in [0.4, 0.5) is 0 Å². The van der Waals surface area contributed by atoms with Crippen LogP contribution in [0, 0.1) is 0 Å². The molecule has 0 aliphatic rings. The van der Waals surface area contributed by atoms with Crippen molar-refractivity contribution in [2.24, 2.45) is 0 Å². The minimum atomic E-state index is -2.04. The van der Waals surface area contributed by atoms with Gasteiger partial charge in [0.25, 0.3) is 0 Å². The Labute approximate surface area is 72.9 Å². The van der Waals surface area contributed by atoms with Gasteiger partial charge in [0.1, 0.15) is 0 Å². The SMILES string of the molecule is CCOOP(O)OOCC.Cl. The highest BCUT2D eigenvalue weighted by molar-refractivity contribution is 7.40. The highest BCUT2D eigenvalue weighted by atomic mass is 35.5. The van der Waals surface area contributed by atoms with Crippen LogP contribution in [0.1, 0.15) is 13.8 Å². The molecule has 70 valence electrons. The summed E-state index contributed by atoms with van der Waals surface area (Å²) in [4.78, 5) is 17.4. The Kier molecular flexibility index (Phi) is 13.5. The fourth-order valence-electron chi connectivity index (χ4n) is 0.208. The molecule has 0 amide bonds. The molecule has 0 radical (unpaired) electrons. The molecule has 0 bridgehead atoms. The zero-order chi connectivity index (χ0) is 7.82. The molecule has 0 rings (SSSR count). The lowest BCUT2D eigenvalue weighted by atomic mass is 10.9. The second-order valence-corrected chi connectivity index (χ2v) is 1.97. The fourth-order valence-corrected chi connectivity index (χ4v) is 0.624. The van der Waals surface area contributed by atoms with Crippen molar-refractivity contribution in [1.29, 1.82) is 0 Å². The van der Waals surface area contributed by atoms with Crippen molar-refractivity contribution in [1.82, 2.24) is 0 Å². The molecular weight excluding hydrogens is 194 g/mol. The normalized spacial score (nSPS) is 9.82. The van der Waals surface area contributed by atoms with Crippen molar-refractivity contribution in [3.63, 3.8) is 0 Å². The summed E-state index contributed by atoms with van der Waals surface area (Å²) in [7, 11) is -2.04. The first kappa shape index (κ1) is 14.1. The number of hydrogen-bond donors (Lipinski definition) is 1. The van der Waals surface area contributed by atoms with E-state index < -0.39 is 8.60 Å². The Balaban J connectivity index is 0. The van der Waals surface area contributed by atoms with Crippen molar-refractivity contribution in [2.75, 3.05) is 13.2 Å². The standard InChI is InChI=1S/C4H11O5P.ClH/c1-3-6-8-10(5)9-7-4-2;/h5H,3-4H2,1-2H3;1H. The summed E-state index contributed by atoms with van der Waals surface area (Å²) in [6.45, 7) is 4.16. The average Bonchev–Trinajstić information content (AvgIpc) is 1.97. The molecule has 0 fully saturated rings. The van der Waals surface area contributed by atoms with E-state index >= 15 is 0 Å². The van der Waals surface area contributed by atoms with Crippen LogP contribution in [-0.2, 0) is 19.1 Å². The van der Waals surface area contributed by atoms with Gasteiger partial charge in [-0.05, 0) is 13.8 Å². The minimum Gasteiger partial charge on any atom is -0.325 e. The van der Waals surface area contributed by atoms with Crippen molar-refractivity contribution >= 4 is 21.0 Å². The molecule has 0 atom stereocenters. The zero-order valence-electron chi connectivity index (χ0n) is 6.35. The maximum Gasteiger partial charge on any atom is 0.389 e. The molecule has 0 spiro atoms. The monoisotopic (exact) mass is 206 g/mol. The van der Waals surface area contributed by atoms with Crippen LogP contribution in [0.3, 0.4) is 0 Å². The Morgan fingerprint density at radius 3 is 1.73 bits per heavy atom. The number of hydrogen-bond acceptors (Lipinski definition) is 5. The molecule has 7 heteroatoms. The molecule has 0 saturated carbocycles. The summed E-state index contributed by atoms with van der Waals surface area (Å²) in [5.41, 5.74) is 0. The summed E-state index contributed by atoms with van der Waals surface area (Å²) in [5, 5.41) is 0. The largest absolute Gasteiger partial charge is 0.389 e.